The van der Waals surface area contributed by atoms with Crippen LogP contribution in [0.15, 0.2) is 48.8 Å². The number of carbonyl (C=O) groups is 2. The summed E-state index contributed by atoms with van der Waals surface area (Å²) >= 11 is 0. The molecule has 0 saturated carbocycles. The molecule has 156 valence electrons. The van der Waals surface area contributed by atoms with Gasteiger partial charge < -0.3 is 5.73 Å². The van der Waals surface area contributed by atoms with Crippen molar-refractivity contribution in [2.75, 3.05) is 12.3 Å². The monoisotopic (exact) mass is 415 g/mol. The molecule has 1 saturated heterocycles. The Morgan fingerprint density at radius 2 is 2.10 bits per heavy atom. The van der Waals surface area contributed by atoms with Crippen LogP contribution < -0.4 is 5.73 Å². The fourth-order valence-electron chi connectivity index (χ4n) is 4.04. The molecule has 0 atom stereocenters. The number of carbonyl (C=O) groups excluding carboxylic acids is 2. The van der Waals surface area contributed by atoms with E-state index in [0.29, 0.717) is 35.6 Å². The minimum atomic E-state index is -0.269. The highest BCUT2D eigenvalue weighted by molar-refractivity contribution is 6.10. The van der Waals surface area contributed by atoms with Crippen molar-refractivity contribution in [1.29, 1.82) is 0 Å². The van der Waals surface area contributed by atoms with Gasteiger partial charge in [-0.25, -0.2) is 9.99 Å². The third-order valence-corrected chi connectivity index (χ3v) is 5.57. The van der Waals surface area contributed by atoms with Crippen LogP contribution in [0.3, 0.4) is 0 Å². The van der Waals surface area contributed by atoms with Gasteiger partial charge in [0, 0.05) is 37.2 Å². The number of benzene rings is 1. The van der Waals surface area contributed by atoms with E-state index in [1.807, 2.05) is 25.2 Å². The minimum absolute atomic E-state index is 0.0615. The molecule has 3 aromatic heterocycles. The first-order valence-corrected chi connectivity index (χ1v) is 10.1. The van der Waals surface area contributed by atoms with Gasteiger partial charge in [0.15, 0.2) is 0 Å². The summed E-state index contributed by atoms with van der Waals surface area (Å²) in [5, 5.41) is 8.82. The molecular formula is C22H21N7O2. The lowest BCUT2D eigenvalue weighted by atomic mass is 10.1. The standard InChI is InChI=1S/C22H21N7O2/c1-27-20-16-11-14(7-8-18(16)26-21(23)17(20)12-25-27)22(31)29(28-10-4-6-19(28)30)13-15-5-2-3-9-24-15/h2-3,5,7-9,11-12H,4,6,10,13H2,1H3,(H2,23,26). The van der Waals surface area contributed by atoms with Gasteiger partial charge in [-0.1, -0.05) is 6.07 Å². The van der Waals surface area contributed by atoms with Gasteiger partial charge in [0.2, 0.25) is 5.91 Å². The molecule has 2 amide bonds. The highest BCUT2D eigenvalue weighted by Gasteiger charge is 2.31. The van der Waals surface area contributed by atoms with Gasteiger partial charge in [-0.3, -0.25) is 24.3 Å². The number of amides is 2. The molecule has 0 aliphatic carbocycles. The molecule has 4 aromatic rings. The van der Waals surface area contributed by atoms with E-state index in [2.05, 4.69) is 15.1 Å². The topological polar surface area (TPSA) is 110 Å². The maximum Gasteiger partial charge on any atom is 0.272 e. The third-order valence-electron chi connectivity index (χ3n) is 5.57. The Bertz CT molecular complexity index is 1320. The Morgan fingerprint density at radius 1 is 1.23 bits per heavy atom. The summed E-state index contributed by atoms with van der Waals surface area (Å²) in [5.41, 5.74) is 8.73. The van der Waals surface area contributed by atoms with Gasteiger partial charge in [-0.05, 0) is 36.8 Å². The number of hydrazine groups is 1. The Kier molecular flexibility index (Phi) is 4.50. The molecule has 31 heavy (non-hydrogen) atoms. The van der Waals surface area contributed by atoms with Gasteiger partial charge in [0.1, 0.15) is 5.82 Å². The van der Waals surface area contributed by atoms with Crippen LogP contribution >= 0.6 is 0 Å². The lowest BCUT2D eigenvalue weighted by molar-refractivity contribution is -0.140. The molecule has 1 aromatic carbocycles. The first-order valence-electron chi connectivity index (χ1n) is 10.1. The maximum atomic E-state index is 13.6. The molecule has 0 spiro atoms. The third kappa shape index (κ3) is 3.24. The first kappa shape index (κ1) is 19.0. The fourth-order valence-corrected chi connectivity index (χ4v) is 4.04. The van der Waals surface area contributed by atoms with E-state index in [1.165, 1.54) is 10.0 Å². The summed E-state index contributed by atoms with van der Waals surface area (Å²) in [5.74, 6) is 0.0672. The van der Waals surface area contributed by atoms with Crippen LogP contribution in [0.25, 0.3) is 21.8 Å². The largest absolute Gasteiger partial charge is 0.383 e. The molecular weight excluding hydrogens is 394 g/mol. The maximum absolute atomic E-state index is 13.6. The molecule has 1 fully saturated rings. The number of hydrogen-bond acceptors (Lipinski definition) is 6. The number of nitrogen functional groups attached to an aromatic ring is 1. The summed E-state index contributed by atoms with van der Waals surface area (Å²) < 4.78 is 1.72. The van der Waals surface area contributed by atoms with Crippen molar-refractivity contribution in [3.05, 3.63) is 60.0 Å². The van der Waals surface area contributed by atoms with Gasteiger partial charge in [0.25, 0.3) is 5.91 Å². The van der Waals surface area contributed by atoms with Crippen LogP contribution in [-0.4, -0.2) is 48.1 Å². The Balaban J connectivity index is 1.60. The van der Waals surface area contributed by atoms with Crippen molar-refractivity contribution < 1.29 is 9.59 Å². The predicted molar refractivity (Wildman–Crippen MR) is 115 cm³/mol. The van der Waals surface area contributed by atoms with Crippen molar-refractivity contribution in [3.63, 3.8) is 0 Å². The van der Waals surface area contributed by atoms with Crippen LogP contribution in [0.5, 0.6) is 0 Å². The van der Waals surface area contributed by atoms with E-state index in [9.17, 15) is 9.59 Å². The van der Waals surface area contributed by atoms with E-state index in [-0.39, 0.29) is 18.4 Å². The van der Waals surface area contributed by atoms with Gasteiger partial charge in [-0.2, -0.15) is 5.10 Å². The van der Waals surface area contributed by atoms with Crippen molar-refractivity contribution in [3.8, 4) is 0 Å². The molecule has 5 rings (SSSR count). The molecule has 4 heterocycles. The summed E-state index contributed by atoms with van der Waals surface area (Å²) in [6.07, 6.45) is 4.50. The average Bonchev–Trinajstić information content (AvgIpc) is 3.38. The van der Waals surface area contributed by atoms with E-state index in [1.54, 1.807) is 35.3 Å². The second-order valence-corrected chi connectivity index (χ2v) is 7.56. The number of fused-ring (bicyclic) bond motifs is 3. The number of aromatic nitrogens is 4. The smallest absolute Gasteiger partial charge is 0.272 e. The number of anilines is 1. The summed E-state index contributed by atoms with van der Waals surface area (Å²) in [4.78, 5) is 34.8. The molecule has 1 aliphatic rings. The van der Waals surface area contributed by atoms with Gasteiger partial charge in [0.05, 0.1) is 34.9 Å². The van der Waals surface area contributed by atoms with Crippen molar-refractivity contribution in [2.45, 2.75) is 19.4 Å². The van der Waals surface area contributed by atoms with Crippen molar-refractivity contribution in [1.82, 2.24) is 29.8 Å². The van der Waals surface area contributed by atoms with Crippen LogP contribution in [0.1, 0.15) is 28.9 Å². The van der Waals surface area contributed by atoms with Crippen LogP contribution in [0.2, 0.25) is 0 Å². The van der Waals surface area contributed by atoms with E-state index >= 15 is 0 Å². The molecule has 0 bridgehead atoms. The lowest BCUT2D eigenvalue weighted by Crippen LogP contribution is -2.46. The first-order chi connectivity index (χ1) is 15.0. The number of rotatable bonds is 4. The summed E-state index contributed by atoms with van der Waals surface area (Å²) in [7, 11) is 1.83. The van der Waals surface area contributed by atoms with Crippen molar-refractivity contribution >= 4 is 39.4 Å². The predicted octanol–water partition coefficient (Wildman–Crippen LogP) is 2.28. The Morgan fingerprint density at radius 3 is 2.84 bits per heavy atom. The average molecular weight is 415 g/mol. The Labute approximate surface area is 178 Å². The van der Waals surface area contributed by atoms with Crippen molar-refractivity contribution in [2.24, 2.45) is 7.05 Å². The lowest BCUT2D eigenvalue weighted by Gasteiger charge is -2.31. The van der Waals surface area contributed by atoms with Gasteiger partial charge in [-0.15, -0.1) is 0 Å². The summed E-state index contributed by atoms with van der Waals surface area (Å²) in [6.45, 7) is 0.722. The number of nitrogens with two attached hydrogens (primary N) is 1. The Hall–Kier alpha value is -4.01. The van der Waals surface area contributed by atoms with Crippen LogP contribution in [-0.2, 0) is 18.4 Å². The quantitative estimate of drug-likeness (QED) is 0.548. The number of hydrogen-bond donors (Lipinski definition) is 1. The number of aryl methyl sites for hydroxylation is 1. The second kappa shape index (κ2) is 7.35. The second-order valence-electron chi connectivity index (χ2n) is 7.56. The zero-order chi connectivity index (χ0) is 21.5. The normalized spacial score (nSPS) is 14.0. The molecule has 0 unspecified atom stereocenters. The SMILES string of the molecule is Cn1ncc2c(N)nc3ccc(C(=O)N(Cc4ccccn4)N4CCCC4=O)cc3c21. The molecule has 1 aliphatic heterocycles. The number of pyridine rings is 2. The highest BCUT2D eigenvalue weighted by atomic mass is 16.2. The van der Waals surface area contributed by atoms with E-state index in [0.717, 1.165) is 22.7 Å². The van der Waals surface area contributed by atoms with Crippen LogP contribution in [0, 0.1) is 0 Å². The van der Waals surface area contributed by atoms with Gasteiger partial charge >= 0.3 is 0 Å². The zero-order valence-electron chi connectivity index (χ0n) is 17.0. The molecule has 2 N–H and O–H groups in total. The minimum Gasteiger partial charge on any atom is -0.383 e. The molecule has 0 radical (unpaired) electrons. The molecule has 9 nitrogen and oxygen atoms in total. The van der Waals surface area contributed by atoms with E-state index in [4.69, 9.17) is 5.73 Å². The van der Waals surface area contributed by atoms with E-state index < -0.39 is 0 Å². The number of nitrogens with zero attached hydrogens (tertiary/aromatic N) is 6. The molecule has 9 heteroatoms. The fraction of sp³-hybridized carbons (Fsp3) is 0.227. The summed E-state index contributed by atoms with van der Waals surface area (Å²) in [6, 6.07) is 10.8. The van der Waals surface area contributed by atoms with Crippen LogP contribution in [0.4, 0.5) is 5.82 Å². The highest BCUT2D eigenvalue weighted by Crippen LogP contribution is 2.29. The zero-order valence-corrected chi connectivity index (χ0v) is 17.0.